The lowest BCUT2D eigenvalue weighted by atomic mass is 10.1. The van der Waals surface area contributed by atoms with Gasteiger partial charge in [0.25, 0.3) is 0 Å². The standard InChI is InChI=1S/C10H19N3OS/c1-5-14-7-6-8-11-9(15-13-8)12-10(2,3)4/h5-7H2,1-4H3,(H,11,12,13). The summed E-state index contributed by atoms with van der Waals surface area (Å²) in [5.74, 6) is 0.861. The molecule has 1 aromatic heterocycles. The molecule has 0 fully saturated rings. The zero-order valence-corrected chi connectivity index (χ0v) is 10.6. The van der Waals surface area contributed by atoms with Gasteiger partial charge in [0.05, 0.1) is 6.61 Å². The first-order valence-electron chi connectivity index (χ1n) is 5.20. The van der Waals surface area contributed by atoms with Crippen LogP contribution in [0.25, 0.3) is 0 Å². The second-order valence-corrected chi connectivity index (χ2v) is 5.09. The molecule has 0 aliphatic rings. The van der Waals surface area contributed by atoms with Crippen LogP contribution in [0.5, 0.6) is 0 Å². The van der Waals surface area contributed by atoms with Crippen LogP contribution in [0.15, 0.2) is 0 Å². The SMILES string of the molecule is CCOCCc1nsc(NC(C)(C)C)n1. The number of nitrogens with zero attached hydrogens (tertiary/aromatic N) is 2. The van der Waals surface area contributed by atoms with Gasteiger partial charge < -0.3 is 10.1 Å². The molecule has 0 spiro atoms. The van der Waals surface area contributed by atoms with E-state index in [1.54, 1.807) is 0 Å². The van der Waals surface area contributed by atoms with Crippen molar-refractivity contribution in [3.05, 3.63) is 5.82 Å². The van der Waals surface area contributed by atoms with E-state index in [0.29, 0.717) is 6.61 Å². The molecule has 0 atom stereocenters. The molecule has 15 heavy (non-hydrogen) atoms. The van der Waals surface area contributed by atoms with Gasteiger partial charge in [-0.05, 0) is 27.7 Å². The zero-order chi connectivity index (χ0) is 11.3. The quantitative estimate of drug-likeness (QED) is 0.787. The van der Waals surface area contributed by atoms with Crippen LogP contribution < -0.4 is 5.32 Å². The maximum atomic E-state index is 5.25. The van der Waals surface area contributed by atoms with Gasteiger partial charge in [-0.25, -0.2) is 4.98 Å². The summed E-state index contributed by atoms with van der Waals surface area (Å²) in [4.78, 5) is 4.38. The Kier molecular flexibility index (Phi) is 4.47. The Morgan fingerprint density at radius 2 is 2.13 bits per heavy atom. The molecule has 0 saturated carbocycles. The fraction of sp³-hybridized carbons (Fsp3) is 0.800. The van der Waals surface area contributed by atoms with Gasteiger partial charge >= 0.3 is 0 Å². The average molecular weight is 229 g/mol. The number of hydrogen-bond donors (Lipinski definition) is 1. The van der Waals surface area contributed by atoms with E-state index in [1.165, 1.54) is 11.5 Å². The highest BCUT2D eigenvalue weighted by Gasteiger charge is 2.12. The van der Waals surface area contributed by atoms with Crippen molar-refractivity contribution in [1.29, 1.82) is 0 Å². The Morgan fingerprint density at radius 1 is 1.40 bits per heavy atom. The predicted molar refractivity (Wildman–Crippen MR) is 63.5 cm³/mol. The van der Waals surface area contributed by atoms with E-state index in [4.69, 9.17) is 4.74 Å². The fourth-order valence-corrected chi connectivity index (χ4v) is 1.86. The largest absolute Gasteiger partial charge is 0.381 e. The molecule has 0 aliphatic carbocycles. The molecule has 0 radical (unpaired) electrons. The molecule has 4 nitrogen and oxygen atoms in total. The third kappa shape index (κ3) is 5.09. The van der Waals surface area contributed by atoms with Crippen molar-refractivity contribution in [2.45, 2.75) is 39.7 Å². The van der Waals surface area contributed by atoms with E-state index >= 15 is 0 Å². The van der Waals surface area contributed by atoms with E-state index in [9.17, 15) is 0 Å². The van der Waals surface area contributed by atoms with Crippen LogP contribution in [-0.2, 0) is 11.2 Å². The first-order chi connectivity index (χ1) is 7.01. The van der Waals surface area contributed by atoms with Crippen molar-refractivity contribution in [2.24, 2.45) is 0 Å². The molecule has 1 heterocycles. The molecule has 0 unspecified atom stereocenters. The van der Waals surface area contributed by atoms with Gasteiger partial charge in [0, 0.05) is 30.1 Å². The summed E-state index contributed by atoms with van der Waals surface area (Å²) in [6.45, 7) is 9.75. The third-order valence-corrected chi connectivity index (χ3v) is 2.29. The van der Waals surface area contributed by atoms with Gasteiger partial charge in [0.1, 0.15) is 5.82 Å². The molecular formula is C10H19N3OS. The molecule has 0 aromatic carbocycles. The molecule has 1 N–H and O–H groups in total. The van der Waals surface area contributed by atoms with Crippen LogP contribution in [0, 0.1) is 0 Å². The molecule has 0 saturated heterocycles. The highest BCUT2D eigenvalue weighted by atomic mass is 32.1. The van der Waals surface area contributed by atoms with Crippen LogP contribution >= 0.6 is 11.5 Å². The molecule has 0 aliphatic heterocycles. The van der Waals surface area contributed by atoms with E-state index in [2.05, 4.69) is 35.4 Å². The summed E-state index contributed by atoms with van der Waals surface area (Å²) >= 11 is 1.41. The average Bonchev–Trinajstić information content (AvgIpc) is 2.50. The first kappa shape index (κ1) is 12.4. The Bertz CT molecular complexity index is 293. The molecule has 86 valence electrons. The van der Waals surface area contributed by atoms with Crippen molar-refractivity contribution in [3.8, 4) is 0 Å². The van der Waals surface area contributed by atoms with Crippen LogP contribution in [0.4, 0.5) is 5.13 Å². The van der Waals surface area contributed by atoms with E-state index < -0.39 is 0 Å². The third-order valence-electron chi connectivity index (χ3n) is 1.62. The summed E-state index contributed by atoms with van der Waals surface area (Å²) in [5.41, 5.74) is 0.0384. The van der Waals surface area contributed by atoms with Gasteiger partial charge in [-0.15, -0.1) is 0 Å². The van der Waals surface area contributed by atoms with Crippen molar-refractivity contribution in [1.82, 2.24) is 9.36 Å². The lowest BCUT2D eigenvalue weighted by Gasteiger charge is -2.18. The Balaban J connectivity index is 2.42. The highest BCUT2D eigenvalue weighted by molar-refractivity contribution is 7.09. The first-order valence-corrected chi connectivity index (χ1v) is 5.97. The molecule has 5 heteroatoms. The second-order valence-electron chi connectivity index (χ2n) is 4.34. The van der Waals surface area contributed by atoms with Crippen LogP contribution in [-0.4, -0.2) is 28.1 Å². The van der Waals surface area contributed by atoms with Gasteiger partial charge in [0.2, 0.25) is 5.13 Å². The Morgan fingerprint density at radius 3 is 2.73 bits per heavy atom. The zero-order valence-electron chi connectivity index (χ0n) is 9.83. The van der Waals surface area contributed by atoms with Crippen molar-refractivity contribution < 1.29 is 4.74 Å². The molecule has 0 amide bonds. The van der Waals surface area contributed by atoms with E-state index in [0.717, 1.165) is 24.0 Å². The van der Waals surface area contributed by atoms with E-state index in [-0.39, 0.29) is 5.54 Å². The smallest absolute Gasteiger partial charge is 0.202 e. The van der Waals surface area contributed by atoms with E-state index in [1.807, 2.05) is 6.92 Å². The summed E-state index contributed by atoms with van der Waals surface area (Å²) in [6, 6.07) is 0. The van der Waals surface area contributed by atoms with Crippen LogP contribution in [0.3, 0.4) is 0 Å². The lowest BCUT2D eigenvalue weighted by molar-refractivity contribution is 0.150. The summed E-state index contributed by atoms with van der Waals surface area (Å²) < 4.78 is 9.51. The minimum Gasteiger partial charge on any atom is -0.381 e. The van der Waals surface area contributed by atoms with Gasteiger partial charge in [-0.2, -0.15) is 4.37 Å². The minimum atomic E-state index is 0.0384. The van der Waals surface area contributed by atoms with Crippen LogP contribution in [0.2, 0.25) is 0 Å². The lowest BCUT2D eigenvalue weighted by Crippen LogP contribution is -2.25. The van der Waals surface area contributed by atoms with Gasteiger partial charge in [0.15, 0.2) is 0 Å². The number of aromatic nitrogens is 2. The monoisotopic (exact) mass is 229 g/mol. The Labute approximate surface area is 95.2 Å². The number of hydrogen-bond acceptors (Lipinski definition) is 5. The number of anilines is 1. The summed E-state index contributed by atoms with van der Waals surface area (Å²) in [6.07, 6.45) is 0.788. The summed E-state index contributed by atoms with van der Waals surface area (Å²) in [5, 5.41) is 4.18. The predicted octanol–water partition coefficient (Wildman–Crippen LogP) is 2.33. The van der Waals surface area contributed by atoms with Gasteiger partial charge in [-0.1, -0.05) is 0 Å². The second kappa shape index (κ2) is 5.42. The number of ether oxygens (including phenoxy) is 1. The highest BCUT2D eigenvalue weighted by Crippen LogP contribution is 2.16. The maximum absolute atomic E-state index is 5.25. The topological polar surface area (TPSA) is 47.0 Å². The number of nitrogens with one attached hydrogen (secondary N) is 1. The van der Waals surface area contributed by atoms with Crippen molar-refractivity contribution >= 4 is 16.7 Å². The normalized spacial score (nSPS) is 11.7. The molecule has 0 bridgehead atoms. The molecule has 1 aromatic rings. The Hall–Kier alpha value is -0.680. The molecular weight excluding hydrogens is 210 g/mol. The van der Waals surface area contributed by atoms with Crippen molar-refractivity contribution in [3.63, 3.8) is 0 Å². The molecule has 1 rings (SSSR count). The number of rotatable bonds is 5. The minimum absolute atomic E-state index is 0.0384. The van der Waals surface area contributed by atoms with Crippen LogP contribution in [0.1, 0.15) is 33.5 Å². The maximum Gasteiger partial charge on any atom is 0.202 e. The summed E-state index contributed by atoms with van der Waals surface area (Å²) in [7, 11) is 0. The van der Waals surface area contributed by atoms with Crippen molar-refractivity contribution in [2.75, 3.05) is 18.5 Å². The fourth-order valence-electron chi connectivity index (χ4n) is 1.03. The van der Waals surface area contributed by atoms with Gasteiger partial charge in [-0.3, -0.25) is 0 Å².